The average molecular weight is 910 g/mol. The van der Waals surface area contributed by atoms with Crippen LogP contribution in [0.3, 0.4) is 0 Å². The smallest absolute Gasteiger partial charge is 0.326 e. The number of benzene rings is 5. The summed E-state index contributed by atoms with van der Waals surface area (Å²) >= 11 is 13.2. The highest BCUT2D eigenvalue weighted by Crippen LogP contribution is 2.42. The number of aryl methyl sites for hydroxylation is 2. The fourth-order valence-electron chi connectivity index (χ4n) is 7.47. The van der Waals surface area contributed by atoms with Gasteiger partial charge in [0.25, 0.3) is 10.0 Å². The van der Waals surface area contributed by atoms with E-state index in [0.29, 0.717) is 66.9 Å². The van der Waals surface area contributed by atoms with E-state index < -0.39 is 40.1 Å². The van der Waals surface area contributed by atoms with E-state index in [9.17, 15) is 23.1 Å². The van der Waals surface area contributed by atoms with Gasteiger partial charge in [0.1, 0.15) is 31.0 Å². The van der Waals surface area contributed by atoms with Gasteiger partial charge in [-0.1, -0.05) is 77.8 Å². The Bertz CT molecular complexity index is 2830. The van der Waals surface area contributed by atoms with Crippen LogP contribution in [0.1, 0.15) is 50.2 Å². The van der Waals surface area contributed by atoms with Crippen molar-refractivity contribution in [1.82, 2.24) is 14.6 Å². The fraction of sp³-hybridized carbons (Fsp3) is 0.217. The number of hydrogen-bond donors (Lipinski definition) is 2. The Morgan fingerprint density at radius 1 is 0.935 bits per heavy atom. The largest absolute Gasteiger partial charge is 0.489 e. The molecule has 62 heavy (non-hydrogen) atoms. The molecule has 2 N–H and O–H groups in total. The molecule has 2 aliphatic rings. The Morgan fingerprint density at radius 2 is 1.61 bits per heavy atom. The van der Waals surface area contributed by atoms with Crippen molar-refractivity contribution in [3.8, 4) is 34.4 Å². The lowest BCUT2D eigenvalue weighted by Gasteiger charge is -2.36. The number of thiazole rings is 1. The fourth-order valence-corrected chi connectivity index (χ4v) is 11.0. The minimum absolute atomic E-state index is 0.00962. The summed E-state index contributed by atoms with van der Waals surface area (Å²) < 4.78 is 48.6. The molecule has 1 aromatic heterocycles. The monoisotopic (exact) mass is 908 g/mol. The first-order valence-electron chi connectivity index (χ1n) is 19.5. The maximum absolute atomic E-state index is 14.5. The molecule has 5 aromatic carbocycles. The summed E-state index contributed by atoms with van der Waals surface area (Å²) in [6.07, 6.45) is -0.576. The highest BCUT2D eigenvalue weighted by molar-refractivity contribution is 7.91. The summed E-state index contributed by atoms with van der Waals surface area (Å²) in [5.74, 6) is -0.519. The van der Waals surface area contributed by atoms with E-state index in [2.05, 4.69) is 16.4 Å². The maximum Gasteiger partial charge on any atom is 0.326 e. The average Bonchev–Trinajstić information content (AvgIpc) is 3.63. The number of hydrogen-bond acceptors (Lipinski definition) is 10. The van der Waals surface area contributed by atoms with Crippen molar-refractivity contribution in [2.75, 3.05) is 6.61 Å². The number of nitriles is 1. The van der Waals surface area contributed by atoms with Crippen LogP contribution in [0.5, 0.6) is 17.2 Å². The lowest BCUT2D eigenvalue weighted by atomic mass is 9.94. The van der Waals surface area contributed by atoms with Crippen molar-refractivity contribution in [3.05, 3.63) is 157 Å². The molecule has 3 heterocycles. The van der Waals surface area contributed by atoms with E-state index in [-0.39, 0.29) is 30.2 Å². The van der Waals surface area contributed by atoms with E-state index in [1.165, 1.54) is 0 Å². The Kier molecular flexibility index (Phi) is 12.3. The van der Waals surface area contributed by atoms with Crippen molar-refractivity contribution < 1.29 is 37.3 Å². The number of halogens is 2. The van der Waals surface area contributed by atoms with Crippen LogP contribution >= 0.6 is 34.5 Å². The zero-order valence-electron chi connectivity index (χ0n) is 33.3. The first-order chi connectivity index (χ1) is 29.7. The second-order valence-corrected chi connectivity index (χ2v) is 19.1. The first-order valence-corrected chi connectivity index (χ1v) is 22.5. The molecule has 6 aromatic rings. The van der Waals surface area contributed by atoms with Gasteiger partial charge >= 0.3 is 5.97 Å². The van der Waals surface area contributed by atoms with Crippen molar-refractivity contribution >= 4 is 56.4 Å². The van der Waals surface area contributed by atoms with E-state index >= 15 is 0 Å². The number of carboxylic acids is 1. The zero-order chi connectivity index (χ0) is 43.7. The highest BCUT2D eigenvalue weighted by atomic mass is 35.5. The lowest BCUT2D eigenvalue weighted by Crippen LogP contribution is -2.55. The van der Waals surface area contributed by atoms with Gasteiger partial charge in [0.15, 0.2) is 21.8 Å². The van der Waals surface area contributed by atoms with Crippen LogP contribution in [0, 0.1) is 25.2 Å². The predicted molar refractivity (Wildman–Crippen MR) is 234 cm³/mol. The highest BCUT2D eigenvalue weighted by Gasteiger charge is 2.43. The number of sulfonamides is 1. The maximum atomic E-state index is 14.5. The number of aromatic nitrogens is 1. The number of carbonyl (C=O) groups excluding carboxylic acids is 1. The van der Waals surface area contributed by atoms with Crippen molar-refractivity contribution in [3.63, 3.8) is 0 Å². The number of aliphatic carboxylic acids is 1. The number of nitrogens with zero attached hydrogens (tertiary/aromatic N) is 3. The van der Waals surface area contributed by atoms with Gasteiger partial charge in [-0.05, 0) is 108 Å². The molecular weight excluding hydrogens is 872 g/mol. The first kappa shape index (κ1) is 42.7. The SMILES string of the molecule is Cc1nc(C)c(S(=O)(=O)N2Cc3cc4c(cc3C[C@H]2C(=O)NC(Cc2ccc(-c3ccc(C#N)cc3)cc2)C(=O)O)OC[C@H](c2ccc(OCc3ccc(Cl)c(Cl)c3)cc2)O4)s1. The van der Waals surface area contributed by atoms with Gasteiger partial charge in [-0.3, -0.25) is 4.79 Å². The summed E-state index contributed by atoms with van der Waals surface area (Å²) in [6.45, 7) is 3.61. The van der Waals surface area contributed by atoms with Gasteiger partial charge in [-0.2, -0.15) is 9.57 Å². The molecule has 16 heteroatoms. The van der Waals surface area contributed by atoms with Gasteiger partial charge in [0.2, 0.25) is 5.91 Å². The molecule has 0 fully saturated rings. The van der Waals surface area contributed by atoms with Crippen LogP contribution in [-0.4, -0.2) is 53.4 Å². The molecule has 2 aliphatic heterocycles. The minimum Gasteiger partial charge on any atom is -0.489 e. The van der Waals surface area contributed by atoms with Crippen LogP contribution in [-0.2, 0) is 45.6 Å². The number of fused-ring (bicyclic) bond motifs is 2. The third-order valence-corrected chi connectivity index (χ3v) is 15.0. The molecule has 1 unspecified atom stereocenters. The summed E-state index contributed by atoms with van der Waals surface area (Å²) in [6, 6.07) is 30.0. The van der Waals surface area contributed by atoms with Gasteiger partial charge < -0.3 is 24.6 Å². The van der Waals surface area contributed by atoms with Crippen molar-refractivity contribution in [2.24, 2.45) is 0 Å². The van der Waals surface area contributed by atoms with E-state index in [1.807, 2.05) is 54.6 Å². The number of carbonyl (C=O) groups is 2. The molecule has 1 amide bonds. The van der Waals surface area contributed by atoms with E-state index in [4.69, 9.17) is 42.7 Å². The van der Waals surface area contributed by atoms with Crippen LogP contribution in [0.4, 0.5) is 0 Å². The summed E-state index contributed by atoms with van der Waals surface area (Å²) in [5.41, 5.74) is 6.23. The third kappa shape index (κ3) is 9.13. The van der Waals surface area contributed by atoms with Gasteiger partial charge in [0.05, 0.1) is 32.4 Å². The number of nitrogens with one attached hydrogen (secondary N) is 1. The van der Waals surface area contributed by atoms with E-state index in [1.54, 1.807) is 62.4 Å². The third-order valence-electron chi connectivity index (χ3n) is 10.7. The van der Waals surface area contributed by atoms with Crippen molar-refractivity contribution in [2.45, 2.75) is 62.2 Å². The molecule has 12 nitrogen and oxygen atoms in total. The number of rotatable bonds is 12. The molecule has 0 radical (unpaired) electrons. The molecule has 0 saturated carbocycles. The Morgan fingerprint density at radius 3 is 2.26 bits per heavy atom. The standard InChI is InChI=1S/C46H38Cl2N4O8S2/c1-26-46(61-27(2)50-26)62(56,57)52-23-35-21-42-41(59-25-43(60-42)33-12-14-36(15-13-33)58-24-30-7-16-37(47)38(48)17-30)20-34(35)19-40(52)44(53)51-39(45(54)55)18-28-3-8-31(9-4-28)32-10-5-29(22-49)6-11-32/h3-17,20-21,39-40,43H,18-19,23-25H2,1-2H3,(H,51,53)(H,54,55)/t39?,40-,43+/m0/s1. The zero-order valence-corrected chi connectivity index (χ0v) is 36.4. The summed E-state index contributed by atoms with van der Waals surface area (Å²) in [5, 5.41) is 23.5. The van der Waals surface area contributed by atoms with Gasteiger partial charge in [-0.15, -0.1) is 11.3 Å². The summed E-state index contributed by atoms with van der Waals surface area (Å²) in [4.78, 5) is 31.2. The van der Waals surface area contributed by atoms with Crippen LogP contribution in [0.15, 0.2) is 107 Å². The lowest BCUT2D eigenvalue weighted by molar-refractivity contribution is -0.142. The predicted octanol–water partition coefficient (Wildman–Crippen LogP) is 8.62. The molecule has 316 valence electrons. The second-order valence-electron chi connectivity index (χ2n) is 15.0. The molecule has 0 saturated heterocycles. The number of amides is 1. The van der Waals surface area contributed by atoms with Gasteiger partial charge in [-0.25, -0.2) is 18.2 Å². The van der Waals surface area contributed by atoms with Crippen LogP contribution in [0.25, 0.3) is 11.1 Å². The second kappa shape index (κ2) is 17.8. The number of ether oxygens (including phenoxy) is 3. The molecule has 0 spiro atoms. The molecule has 8 rings (SSSR count). The Labute approximate surface area is 372 Å². The molecule has 3 atom stereocenters. The Hall–Kier alpha value is -5.95. The molecular formula is C46H38Cl2N4O8S2. The van der Waals surface area contributed by atoms with Crippen LogP contribution in [0.2, 0.25) is 10.0 Å². The van der Waals surface area contributed by atoms with E-state index in [0.717, 1.165) is 37.9 Å². The Balaban J connectivity index is 1.01. The molecule has 0 bridgehead atoms. The number of carboxylic acid groups (broad SMARTS) is 1. The normalized spacial score (nSPS) is 16.4. The minimum atomic E-state index is -4.30. The van der Waals surface area contributed by atoms with Gasteiger partial charge in [0, 0.05) is 13.0 Å². The molecule has 0 aliphatic carbocycles. The summed E-state index contributed by atoms with van der Waals surface area (Å²) in [7, 11) is -4.30. The van der Waals surface area contributed by atoms with Crippen molar-refractivity contribution in [1.29, 1.82) is 5.26 Å². The van der Waals surface area contributed by atoms with Crippen LogP contribution < -0.4 is 19.5 Å². The quantitative estimate of drug-likeness (QED) is 0.121. The topological polar surface area (TPSA) is 168 Å².